The zero-order valence-electron chi connectivity index (χ0n) is 11.5. The highest BCUT2D eigenvalue weighted by Crippen LogP contribution is 2.15. The number of thiophene rings is 1. The van der Waals surface area contributed by atoms with Gasteiger partial charge in [0.1, 0.15) is 17.2 Å². The van der Waals surface area contributed by atoms with Crippen LogP contribution in [-0.4, -0.2) is 25.6 Å². The number of hydrogen-bond acceptors (Lipinski definition) is 4. The van der Waals surface area contributed by atoms with E-state index in [0.717, 1.165) is 5.75 Å². The van der Waals surface area contributed by atoms with Gasteiger partial charge < -0.3 is 15.8 Å². The summed E-state index contributed by atoms with van der Waals surface area (Å²) in [6.45, 7) is 1.14. The Hall–Kier alpha value is -2.29. The zero-order chi connectivity index (χ0) is 14.9. The van der Waals surface area contributed by atoms with Gasteiger partial charge in [0.05, 0.1) is 13.1 Å². The van der Waals surface area contributed by atoms with Crippen molar-refractivity contribution in [3.05, 3.63) is 52.2 Å². The van der Waals surface area contributed by atoms with Crippen molar-refractivity contribution in [1.82, 2.24) is 5.32 Å². The summed E-state index contributed by atoms with van der Waals surface area (Å²) < 4.78 is 5.51. The van der Waals surface area contributed by atoms with Crippen LogP contribution in [0.1, 0.15) is 15.2 Å². The summed E-state index contributed by atoms with van der Waals surface area (Å²) in [5.74, 6) is 6.30. The van der Waals surface area contributed by atoms with E-state index in [1.54, 1.807) is 0 Å². The summed E-state index contributed by atoms with van der Waals surface area (Å²) in [4.78, 5) is 12.7. The van der Waals surface area contributed by atoms with Gasteiger partial charge in [-0.2, -0.15) is 0 Å². The number of ether oxygens (including phenoxy) is 1. The summed E-state index contributed by atoms with van der Waals surface area (Å²) in [5, 5.41) is 4.66. The minimum Gasteiger partial charge on any atom is -0.492 e. The lowest BCUT2D eigenvalue weighted by atomic mass is 10.2. The SMILES string of the molecule is NCC#Cc1ccsc1C(=O)NCCOc1ccccc1. The lowest BCUT2D eigenvalue weighted by Crippen LogP contribution is -2.27. The van der Waals surface area contributed by atoms with Crippen molar-refractivity contribution in [2.24, 2.45) is 5.73 Å². The Balaban J connectivity index is 1.81. The second kappa shape index (κ2) is 8.10. The molecule has 0 unspecified atom stereocenters. The van der Waals surface area contributed by atoms with Crippen LogP contribution in [0.25, 0.3) is 0 Å². The number of nitrogens with one attached hydrogen (secondary N) is 1. The maximum Gasteiger partial charge on any atom is 0.262 e. The molecule has 0 bridgehead atoms. The van der Waals surface area contributed by atoms with E-state index in [1.165, 1.54) is 11.3 Å². The van der Waals surface area contributed by atoms with E-state index in [1.807, 2.05) is 41.8 Å². The second-order valence-corrected chi connectivity index (χ2v) is 5.00. The van der Waals surface area contributed by atoms with Gasteiger partial charge in [0.15, 0.2) is 0 Å². The number of para-hydroxylation sites is 1. The molecule has 0 spiro atoms. The van der Waals surface area contributed by atoms with Crippen molar-refractivity contribution in [2.45, 2.75) is 0 Å². The predicted octanol–water partition coefficient (Wildman–Crippen LogP) is 1.87. The van der Waals surface area contributed by atoms with Crippen LogP contribution in [-0.2, 0) is 0 Å². The van der Waals surface area contributed by atoms with Gasteiger partial charge in [-0.3, -0.25) is 4.79 Å². The van der Waals surface area contributed by atoms with E-state index in [2.05, 4.69) is 17.2 Å². The average molecular weight is 300 g/mol. The third-order valence-electron chi connectivity index (χ3n) is 2.60. The molecular weight excluding hydrogens is 284 g/mol. The topological polar surface area (TPSA) is 64.4 Å². The van der Waals surface area contributed by atoms with E-state index in [9.17, 15) is 4.79 Å². The Morgan fingerprint density at radius 3 is 2.86 bits per heavy atom. The van der Waals surface area contributed by atoms with Gasteiger partial charge in [0.25, 0.3) is 5.91 Å². The molecule has 0 aliphatic rings. The van der Waals surface area contributed by atoms with Crippen LogP contribution >= 0.6 is 11.3 Å². The van der Waals surface area contributed by atoms with Crippen molar-refractivity contribution in [3.8, 4) is 17.6 Å². The highest BCUT2D eigenvalue weighted by Gasteiger charge is 2.11. The van der Waals surface area contributed by atoms with Gasteiger partial charge in [-0.25, -0.2) is 0 Å². The average Bonchev–Trinajstić information content (AvgIpc) is 2.99. The molecular formula is C16H16N2O2S. The molecule has 0 aliphatic heterocycles. The molecule has 1 aromatic carbocycles. The van der Waals surface area contributed by atoms with Crippen molar-refractivity contribution in [3.63, 3.8) is 0 Å². The van der Waals surface area contributed by atoms with Gasteiger partial charge in [0.2, 0.25) is 0 Å². The molecule has 0 atom stereocenters. The number of benzene rings is 1. The smallest absolute Gasteiger partial charge is 0.262 e. The quantitative estimate of drug-likeness (QED) is 0.654. The number of nitrogens with two attached hydrogens (primary N) is 1. The largest absolute Gasteiger partial charge is 0.492 e. The molecule has 1 amide bonds. The molecule has 21 heavy (non-hydrogen) atoms. The zero-order valence-corrected chi connectivity index (χ0v) is 12.3. The normalized spacial score (nSPS) is 9.57. The van der Waals surface area contributed by atoms with Crippen LogP contribution in [0.5, 0.6) is 5.75 Å². The summed E-state index contributed by atoms with van der Waals surface area (Å²) in [5.41, 5.74) is 6.05. The number of hydrogen-bond donors (Lipinski definition) is 2. The molecule has 2 aromatic rings. The van der Waals surface area contributed by atoms with E-state index < -0.39 is 0 Å². The fraction of sp³-hybridized carbons (Fsp3) is 0.188. The van der Waals surface area contributed by atoms with E-state index in [-0.39, 0.29) is 12.5 Å². The molecule has 2 rings (SSSR count). The molecule has 108 valence electrons. The van der Waals surface area contributed by atoms with Gasteiger partial charge in [-0.05, 0) is 23.6 Å². The van der Waals surface area contributed by atoms with Gasteiger partial charge >= 0.3 is 0 Å². The maximum absolute atomic E-state index is 12.0. The Morgan fingerprint density at radius 2 is 2.10 bits per heavy atom. The molecule has 0 fully saturated rings. The van der Waals surface area contributed by atoms with Crippen LogP contribution in [0, 0.1) is 11.8 Å². The standard InChI is InChI=1S/C16H16N2O2S/c17-9-4-5-13-8-12-21-15(13)16(19)18-10-11-20-14-6-2-1-3-7-14/h1-3,6-8,12H,9-11,17H2,(H,18,19). The molecule has 4 nitrogen and oxygen atoms in total. The molecule has 1 heterocycles. The summed E-state index contributed by atoms with van der Waals surface area (Å²) >= 11 is 1.37. The van der Waals surface area contributed by atoms with Crippen molar-refractivity contribution in [1.29, 1.82) is 0 Å². The van der Waals surface area contributed by atoms with Crippen molar-refractivity contribution in [2.75, 3.05) is 19.7 Å². The summed E-state index contributed by atoms with van der Waals surface area (Å²) in [6.07, 6.45) is 0. The van der Waals surface area contributed by atoms with E-state index in [0.29, 0.717) is 23.6 Å². The fourth-order valence-electron chi connectivity index (χ4n) is 1.66. The summed E-state index contributed by atoms with van der Waals surface area (Å²) in [6, 6.07) is 11.3. The molecule has 3 N–H and O–H groups in total. The minimum atomic E-state index is -0.136. The first kappa shape index (κ1) is 15.1. The monoisotopic (exact) mass is 300 g/mol. The van der Waals surface area contributed by atoms with Crippen LogP contribution in [0.15, 0.2) is 41.8 Å². The third-order valence-corrected chi connectivity index (χ3v) is 3.51. The maximum atomic E-state index is 12.0. The molecule has 0 aliphatic carbocycles. The highest BCUT2D eigenvalue weighted by atomic mass is 32.1. The molecule has 0 saturated carbocycles. The lowest BCUT2D eigenvalue weighted by Gasteiger charge is -2.07. The first-order valence-corrected chi connectivity index (χ1v) is 7.41. The molecule has 5 heteroatoms. The third kappa shape index (κ3) is 4.63. The first-order valence-electron chi connectivity index (χ1n) is 6.53. The Morgan fingerprint density at radius 1 is 1.29 bits per heavy atom. The Kier molecular flexibility index (Phi) is 5.83. The first-order chi connectivity index (χ1) is 10.3. The number of carbonyl (C=O) groups excluding carboxylic acids is 1. The van der Waals surface area contributed by atoms with Gasteiger partial charge in [-0.1, -0.05) is 30.0 Å². The van der Waals surface area contributed by atoms with Crippen LogP contribution in [0.3, 0.4) is 0 Å². The fourth-order valence-corrected chi connectivity index (χ4v) is 2.43. The number of rotatable bonds is 5. The van der Waals surface area contributed by atoms with Crippen LogP contribution in [0.2, 0.25) is 0 Å². The minimum absolute atomic E-state index is 0.136. The number of carbonyl (C=O) groups is 1. The number of amides is 1. The second-order valence-electron chi connectivity index (χ2n) is 4.09. The van der Waals surface area contributed by atoms with Gasteiger partial charge in [-0.15, -0.1) is 11.3 Å². The Bertz CT molecular complexity index is 641. The van der Waals surface area contributed by atoms with Crippen molar-refractivity contribution < 1.29 is 9.53 Å². The molecule has 1 aromatic heterocycles. The predicted molar refractivity (Wildman–Crippen MR) is 84.5 cm³/mol. The highest BCUT2D eigenvalue weighted by molar-refractivity contribution is 7.12. The summed E-state index contributed by atoms with van der Waals surface area (Å²) in [7, 11) is 0. The Labute approximate surface area is 127 Å². The van der Waals surface area contributed by atoms with Gasteiger partial charge in [0, 0.05) is 5.56 Å². The van der Waals surface area contributed by atoms with Crippen LogP contribution < -0.4 is 15.8 Å². The van der Waals surface area contributed by atoms with Crippen molar-refractivity contribution >= 4 is 17.2 Å². The van der Waals surface area contributed by atoms with E-state index >= 15 is 0 Å². The lowest BCUT2D eigenvalue weighted by molar-refractivity contribution is 0.0951. The van der Waals surface area contributed by atoms with Crippen LogP contribution in [0.4, 0.5) is 0 Å². The van der Waals surface area contributed by atoms with E-state index in [4.69, 9.17) is 10.5 Å². The molecule has 0 saturated heterocycles. The molecule has 0 radical (unpaired) electrons.